The van der Waals surface area contributed by atoms with Crippen LogP contribution in [0.1, 0.15) is 30.1 Å². The molecule has 4 heterocycles. The molecule has 3 fully saturated rings. The third-order valence-electron chi connectivity index (χ3n) is 7.52. The Bertz CT molecular complexity index is 1130. The molecule has 3 aliphatic heterocycles. The van der Waals surface area contributed by atoms with E-state index in [1.807, 2.05) is 42.6 Å². The average molecular weight is 534 g/mol. The van der Waals surface area contributed by atoms with Crippen molar-refractivity contribution in [2.75, 3.05) is 13.1 Å². The van der Waals surface area contributed by atoms with Gasteiger partial charge < -0.3 is 26.6 Å². The van der Waals surface area contributed by atoms with Crippen LogP contribution in [-0.2, 0) is 6.54 Å². The molecule has 0 amide bonds. The Hall–Kier alpha value is -1.43. The molecule has 2 aromatic carbocycles. The standard InChI is InChI=1S/C26H27Cl2N2O.BrH/c1-2-18-16-30(15-17-7-8-22(27)23(28)13-17)12-10-19(18)14-25(30)26(31)21-9-11-29-24-6-4-3-5-20(21)24;/h2-9,11,13,18-19,25-26,31H,1,10,12,14-16H2;1H/q+1;/p-1/t18-,19-,25+,26-,30?;/m0./s1. The number of hydrogen-bond acceptors (Lipinski definition) is 2. The maximum Gasteiger partial charge on any atom is 0.131 e. The second-order valence-electron chi connectivity index (χ2n) is 9.14. The fraction of sp³-hybridized carbons (Fsp3) is 0.346. The van der Waals surface area contributed by atoms with E-state index in [9.17, 15) is 5.11 Å². The SMILES string of the molecule is C=C[C@H]1C[N+]2(Cc3ccc(Cl)c(Cl)c3)CC[C@H]1C[C@@H]2[C@@H](O)c1ccnc2ccccc12.[Br-]. The van der Waals surface area contributed by atoms with Crippen molar-refractivity contribution in [3.63, 3.8) is 0 Å². The first-order valence-corrected chi connectivity index (χ1v) is 11.7. The highest BCUT2D eigenvalue weighted by molar-refractivity contribution is 6.42. The van der Waals surface area contributed by atoms with Gasteiger partial charge in [-0.3, -0.25) is 4.98 Å². The lowest BCUT2D eigenvalue weighted by atomic mass is 9.71. The summed E-state index contributed by atoms with van der Waals surface area (Å²) >= 11 is 12.5. The van der Waals surface area contributed by atoms with Crippen molar-refractivity contribution in [2.24, 2.45) is 11.8 Å². The first-order chi connectivity index (χ1) is 15.0. The Morgan fingerprint density at radius 1 is 1.16 bits per heavy atom. The second-order valence-corrected chi connectivity index (χ2v) is 9.96. The molecule has 0 aliphatic carbocycles. The summed E-state index contributed by atoms with van der Waals surface area (Å²) in [6.07, 6.45) is 5.54. The quantitative estimate of drug-likeness (QED) is 0.403. The Morgan fingerprint density at radius 3 is 2.75 bits per heavy atom. The van der Waals surface area contributed by atoms with Crippen molar-refractivity contribution in [3.8, 4) is 0 Å². The van der Waals surface area contributed by atoms with E-state index in [4.69, 9.17) is 23.2 Å². The number of para-hydroxylation sites is 1. The number of quaternary nitrogens is 1. The summed E-state index contributed by atoms with van der Waals surface area (Å²) in [6.45, 7) is 7.00. The second kappa shape index (κ2) is 9.44. The number of piperidine rings is 3. The van der Waals surface area contributed by atoms with Crippen molar-refractivity contribution in [3.05, 3.63) is 88.6 Å². The molecule has 5 atom stereocenters. The van der Waals surface area contributed by atoms with Crippen molar-refractivity contribution in [2.45, 2.75) is 31.5 Å². The number of hydrogen-bond donors (Lipinski definition) is 1. The van der Waals surface area contributed by atoms with Crippen molar-refractivity contribution in [1.29, 1.82) is 0 Å². The number of halogens is 3. The molecule has 168 valence electrons. The molecule has 2 bridgehead atoms. The molecule has 6 heteroatoms. The minimum absolute atomic E-state index is 0. The van der Waals surface area contributed by atoms with Gasteiger partial charge in [-0.1, -0.05) is 53.5 Å². The maximum absolute atomic E-state index is 11.7. The number of aliphatic hydroxyl groups excluding tert-OH is 1. The number of benzene rings is 2. The fourth-order valence-corrected chi connectivity index (χ4v) is 6.29. The number of rotatable bonds is 5. The van der Waals surface area contributed by atoms with Gasteiger partial charge in [0.1, 0.15) is 18.7 Å². The summed E-state index contributed by atoms with van der Waals surface area (Å²) in [5, 5.41) is 13.9. The van der Waals surface area contributed by atoms with Gasteiger partial charge in [0.05, 0.1) is 28.7 Å². The molecule has 1 unspecified atom stereocenters. The zero-order valence-electron chi connectivity index (χ0n) is 17.8. The van der Waals surface area contributed by atoms with Gasteiger partial charge in [-0.2, -0.15) is 0 Å². The molecule has 6 rings (SSSR count). The summed E-state index contributed by atoms with van der Waals surface area (Å²) in [6, 6.07) is 16.1. The summed E-state index contributed by atoms with van der Waals surface area (Å²) in [7, 11) is 0. The number of aromatic nitrogens is 1. The predicted molar refractivity (Wildman–Crippen MR) is 127 cm³/mol. The van der Waals surface area contributed by atoms with Crippen LogP contribution >= 0.6 is 23.2 Å². The zero-order chi connectivity index (χ0) is 21.6. The minimum atomic E-state index is -0.552. The first kappa shape index (κ1) is 23.7. The van der Waals surface area contributed by atoms with Crippen LogP contribution < -0.4 is 17.0 Å². The Labute approximate surface area is 210 Å². The van der Waals surface area contributed by atoms with E-state index in [0.717, 1.165) is 52.6 Å². The smallest absolute Gasteiger partial charge is 0.131 e. The minimum Gasteiger partial charge on any atom is -1.00 e. The summed E-state index contributed by atoms with van der Waals surface area (Å²) < 4.78 is 0.850. The van der Waals surface area contributed by atoms with Crippen molar-refractivity contribution < 1.29 is 26.6 Å². The summed E-state index contributed by atoms with van der Waals surface area (Å²) in [4.78, 5) is 4.49. The van der Waals surface area contributed by atoms with Crippen LogP contribution in [0.4, 0.5) is 0 Å². The molecule has 3 nitrogen and oxygen atoms in total. The Kier molecular flexibility index (Phi) is 7.00. The number of fused-ring (bicyclic) bond motifs is 4. The third kappa shape index (κ3) is 4.12. The molecular formula is C26H27BrCl2N2O. The van der Waals surface area contributed by atoms with E-state index < -0.39 is 6.10 Å². The Balaban J connectivity index is 0.00000245. The predicted octanol–water partition coefficient (Wildman–Crippen LogP) is 3.19. The maximum atomic E-state index is 11.7. The van der Waals surface area contributed by atoms with E-state index in [1.54, 1.807) is 0 Å². The van der Waals surface area contributed by atoms with Crippen LogP contribution in [-0.4, -0.2) is 33.7 Å². The zero-order valence-corrected chi connectivity index (χ0v) is 20.9. The van der Waals surface area contributed by atoms with Crippen molar-refractivity contribution >= 4 is 34.1 Å². The van der Waals surface area contributed by atoms with Gasteiger partial charge in [-0.15, -0.1) is 6.58 Å². The van der Waals surface area contributed by atoms with Gasteiger partial charge >= 0.3 is 0 Å². The lowest BCUT2D eigenvalue weighted by Crippen LogP contribution is -3.00. The highest BCUT2D eigenvalue weighted by Crippen LogP contribution is 2.48. The van der Waals surface area contributed by atoms with Gasteiger partial charge in [-0.05, 0) is 35.7 Å². The molecule has 3 aromatic rings. The van der Waals surface area contributed by atoms with Gasteiger partial charge in [0, 0.05) is 35.9 Å². The largest absolute Gasteiger partial charge is 1.00 e. The molecule has 0 radical (unpaired) electrons. The molecular weight excluding hydrogens is 507 g/mol. The third-order valence-corrected chi connectivity index (χ3v) is 8.26. The van der Waals surface area contributed by atoms with E-state index in [2.05, 4.69) is 29.8 Å². The normalized spacial score (nSPS) is 27.7. The van der Waals surface area contributed by atoms with Gasteiger partial charge in [0.2, 0.25) is 0 Å². The van der Waals surface area contributed by atoms with E-state index in [1.165, 1.54) is 6.42 Å². The lowest BCUT2D eigenvalue weighted by molar-refractivity contribution is -0.984. The van der Waals surface area contributed by atoms with Crippen LogP contribution in [0.15, 0.2) is 67.4 Å². The molecule has 3 aliphatic rings. The summed E-state index contributed by atoms with van der Waals surface area (Å²) in [5.74, 6) is 1.06. The van der Waals surface area contributed by atoms with Crippen LogP contribution in [0.5, 0.6) is 0 Å². The summed E-state index contributed by atoms with van der Waals surface area (Å²) in [5.41, 5.74) is 3.06. The topological polar surface area (TPSA) is 33.1 Å². The molecule has 0 saturated carbocycles. The highest BCUT2D eigenvalue weighted by Gasteiger charge is 2.54. The average Bonchev–Trinajstić information content (AvgIpc) is 2.80. The number of pyridine rings is 1. The Morgan fingerprint density at radius 2 is 1.97 bits per heavy atom. The highest BCUT2D eigenvalue weighted by atomic mass is 79.9. The monoisotopic (exact) mass is 532 g/mol. The molecule has 3 saturated heterocycles. The van der Waals surface area contributed by atoms with E-state index in [-0.39, 0.29) is 23.0 Å². The van der Waals surface area contributed by atoms with E-state index >= 15 is 0 Å². The van der Waals surface area contributed by atoms with E-state index in [0.29, 0.717) is 21.9 Å². The van der Waals surface area contributed by atoms with Crippen LogP contribution in [0.3, 0.4) is 0 Å². The molecule has 1 N–H and O–H groups in total. The molecule has 1 aromatic heterocycles. The fourth-order valence-electron chi connectivity index (χ4n) is 5.97. The lowest BCUT2D eigenvalue weighted by Gasteiger charge is -2.58. The molecule has 32 heavy (non-hydrogen) atoms. The number of nitrogens with zero attached hydrogens (tertiary/aromatic N) is 2. The number of aliphatic hydroxyl groups is 1. The van der Waals surface area contributed by atoms with Gasteiger partial charge in [0.15, 0.2) is 0 Å². The van der Waals surface area contributed by atoms with Crippen molar-refractivity contribution in [1.82, 2.24) is 4.98 Å². The van der Waals surface area contributed by atoms with Gasteiger partial charge in [0.25, 0.3) is 0 Å². The molecule has 0 spiro atoms. The van der Waals surface area contributed by atoms with Crippen LogP contribution in [0, 0.1) is 11.8 Å². The van der Waals surface area contributed by atoms with Crippen LogP contribution in [0.2, 0.25) is 10.0 Å². The first-order valence-electron chi connectivity index (χ1n) is 10.9. The van der Waals surface area contributed by atoms with Crippen LogP contribution in [0.25, 0.3) is 10.9 Å². The van der Waals surface area contributed by atoms with Gasteiger partial charge in [-0.25, -0.2) is 0 Å².